The SMILES string of the molecule is CCCCCC/C=C\CCCCCCCC(=O)OC(COCCCCCCCCCCCCCCCCCCCCCCCCCC)COP(=O)(O)OCC[N+](C)(C)C. The van der Waals surface area contributed by atoms with Gasteiger partial charge in [0, 0.05) is 13.0 Å². The monoisotopic (exact) mass is 859 g/mol. The second-order valence-electron chi connectivity index (χ2n) is 18.6. The molecule has 0 aromatic heterocycles. The Hall–Kier alpha value is -0.760. The number of phosphoric acid groups is 1. The number of hydrogen-bond donors (Lipinski definition) is 1. The second-order valence-corrected chi connectivity index (χ2v) is 20.0. The molecule has 0 heterocycles. The molecule has 0 aliphatic rings. The van der Waals surface area contributed by atoms with Crippen molar-refractivity contribution in [3.63, 3.8) is 0 Å². The van der Waals surface area contributed by atoms with Crippen LogP contribution >= 0.6 is 7.82 Å². The summed E-state index contributed by atoms with van der Waals surface area (Å²) in [5, 5.41) is 0. The maximum absolute atomic E-state index is 12.7. The Morgan fingerprint density at radius 3 is 1.31 bits per heavy atom. The van der Waals surface area contributed by atoms with E-state index in [1.54, 1.807) is 0 Å². The van der Waals surface area contributed by atoms with Crippen LogP contribution in [0.1, 0.15) is 245 Å². The lowest BCUT2D eigenvalue weighted by Gasteiger charge is -2.24. The fraction of sp³-hybridized carbons (Fsp3) is 0.940. The smallest absolute Gasteiger partial charge is 0.457 e. The Balaban J connectivity index is 4.03. The highest BCUT2D eigenvalue weighted by atomic mass is 31.2. The summed E-state index contributed by atoms with van der Waals surface area (Å²) >= 11 is 0. The van der Waals surface area contributed by atoms with Gasteiger partial charge in [0.2, 0.25) is 0 Å². The molecule has 0 rings (SSSR count). The topological polar surface area (TPSA) is 91.3 Å². The molecule has 1 N–H and O–H groups in total. The Morgan fingerprint density at radius 2 is 0.881 bits per heavy atom. The van der Waals surface area contributed by atoms with E-state index in [1.165, 1.54) is 186 Å². The fourth-order valence-corrected chi connectivity index (χ4v) is 8.11. The lowest BCUT2D eigenvalue weighted by Crippen LogP contribution is -2.37. The number of hydrogen-bond acceptors (Lipinski definition) is 6. The van der Waals surface area contributed by atoms with Crippen LogP contribution in [0.5, 0.6) is 0 Å². The minimum atomic E-state index is -4.27. The molecule has 0 amide bonds. The summed E-state index contributed by atoms with van der Waals surface area (Å²) in [4.78, 5) is 22.9. The Morgan fingerprint density at radius 1 is 0.508 bits per heavy atom. The number of nitrogens with zero attached hydrogens (tertiary/aromatic N) is 1. The number of phosphoric ester groups is 1. The van der Waals surface area contributed by atoms with Crippen molar-refractivity contribution in [2.75, 3.05) is 54.1 Å². The van der Waals surface area contributed by atoms with Crippen molar-refractivity contribution in [2.45, 2.75) is 251 Å². The summed E-state index contributed by atoms with van der Waals surface area (Å²) in [5.74, 6) is -0.318. The zero-order chi connectivity index (χ0) is 43.4. The number of carbonyl (C=O) groups is 1. The van der Waals surface area contributed by atoms with Gasteiger partial charge in [-0.05, 0) is 38.5 Å². The van der Waals surface area contributed by atoms with Gasteiger partial charge in [-0.25, -0.2) is 4.57 Å². The summed E-state index contributed by atoms with van der Waals surface area (Å²) < 4.78 is 35.1. The lowest BCUT2D eigenvalue weighted by molar-refractivity contribution is -0.870. The van der Waals surface area contributed by atoms with E-state index in [9.17, 15) is 14.3 Å². The third-order valence-corrected chi connectivity index (χ3v) is 12.3. The first kappa shape index (κ1) is 58.2. The van der Waals surface area contributed by atoms with E-state index in [4.69, 9.17) is 18.5 Å². The number of allylic oxidation sites excluding steroid dienone is 2. The van der Waals surface area contributed by atoms with Crippen LogP contribution in [0.25, 0.3) is 0 Å². The summed E-state index contributed by atoms with van der Waals surface area (Å²) in [6.07, 6.45) is 49.8. The first-order valence-electron chi connectivity index (χ1n) is 25.4. The minimum absolute atomic E-state index is 0.0904. The first-order valence-corrected chi connectivity index (χ1v) is 26.9. The molecule has 0 aliphatic heterocycles. The Bertz CT molecular complexity index is 956. The summed E-state index contributed by atoms with van der Waals surface area (Å²) in [6, 6.07) is 0. The summed E-state index contributed by atoms with van der Waals surface area (Å²) in [5.41, 5.74) is 0. The molecule has 2 atom stereocenters. The van der Waals surface area contributed by atoms with E-state index in [0.717, 1.165) is 38.5 Å². The van der Waals surface area contributed by atoms with E-state index >= 15 is 0 Å². The summed E-state index contributed by atoms with van der Waals surface area (Å²) in [6.45, 7) is 5.65. The normalized spacial score (nSPS) is 13.7. The van der Waals surface area contributed by atoms with Gasteiger partial charge in [-0.2, -0.15) is 0 Å². The van der Waals surface area contributed by atoms with Gasteiger partial charge in [0.15, 0.2) is 0 Å². The van der Waals surface area contributed by atoms with E-state index in [0.29, 0.717) is 24.1 Å². The first-order chi connectivity index (χ1) is 28.6. The van der Waals surface area contributed by atoms with E-state index in [2.05, 4.69) is 26.0 Å². The van der Waals surface area contributed by atoms with Crippen molar-refractivity contribution in [3.8, 4) is 0 Å². The van der Waals surface area contributed by atoms with Crippen molar-refractivity contribution in [1.82, 2.24) is 0 Å². The third-order valence-electron chi connectivity index (χ3n) is 11.3. The predicted molar refractivity (Wildman–Crippen MR) is 252 cm³/mol. The molecule has 0 aromatic rings. The van der Waals surface area contributed by atoms with E-state index in [-0.39, 0.29) is 25.8 Å². The second kappa shape index (κ2) is 43.9. The molecule has 9 heteroatoms. The lowest BCUT2D eigenvalue weighted by atomic mass is 10.0. The largest absolute Gasteiger partial charge is 0.472 e. The van der Waals surface area contributed by atoms with Crippen LogP contribution in [0.15, 0.2) is 12.2 Å². The van der Waals surface area contributed by atoms with Crippen LogP contribution in [0, 0.1) is 0 Å². The van der Waals surface area contributed by atoms with Gasteiger partial charge >= 0.3 is 13.8 Å². The molecule has 59 heavy (non-hydrogen) atoms. The molecule has 0 saturated heterocycles. The van der Waals surface area contributed by atoms with Crippen LogP contribution in [0.4, 0.5) is 0 Å². The number of esters is 1. The van der Waals surface area contributed by atoms with Crippen LogP contribution in [0.3, 0.4) is 0 Å². The zero-order valence-electron chi connectivity index (χ0n) is 40.0. The predicted octanol–water partition coefficient (Wildman–Crippen LogP) is 15.4. The molecule has 0 fully saturated rings. The number of quaternary nitrogens is 1. The Labute approximate surface area is 367 Å². The number of likely N-dealkylation sites (N-methyl/N-ethyl adjacent to an activating group) is 1. The van der Waals surface area contributed by atoms with Crippen molar-refractivity contribution in [2.24, 2.45) is 0 Å². The van der Waals surface area contributed by atoms with Crippen LogP contribution in [0.2, 0.25) is 0 Å². The number of unbranched alkanes of at least 4 members (excludes halogenated alkanes) is 32. The molecular formula is C50H101NO7P+. The average Bonchev–Trinajstić information content (AvgIpc) is 3.19. The minimum Gasteiger partial charge on any atom is -0.457 e. The quantitative estimate of drug-likeness (QED) is 0.0214. The van der Waals surface area contributed by atoms with Gasteiger partial charge in [0.05, 0.1) is 34.4 Å². The van der Waals surface area contributed by atoms with Crippen molar-refractivity contribution in [3.05, 3.63) is 12.2 Å². The van der Waals surface area contributed by atoms with Crippen LogP contribution < -0.4 is 0 Å². The molecule has 0 radical (unpaired) electrons. The molecule has 0 saturated carbocycles. The molecule has 0 bridgehead atoms. The third kappa shape index (κ3) is 48.1. The number of carbonyl (C=O) groups excluding carboxylic acids is 1. The van der Waals surface area contributed by atoms with Crippen LogP contribution in [-0.2, 0) is 27.9 Å². The molecular weight excluding hydrogens is 758 g/mol. The molecule has 0 aromatic carbocycles. The molecule has 0 spiro atoms. The van der Waals surface area contributed by atoms with E-state index < -0.39 is 13.9 Å². The van der Waals surface area contributed by atoms with Gasteiger partial charge in [0.25, 0.3) is 0 Å². The highest BCUT2D eigenvalue weighted by Gasteiger charge is 2.26. The standard InChI is InChI=1S/C50H100NO7P/c1-6-8-10-12-14-16-18-20-21-22-23-24-25-26-27-28-29-30-32-34-36-38-40-42-45-55-47-49(48-57-59(53,54)56-46-44-51(3,4)5)58-50(52)43-41-39-37-35-33-31-19-17-15-13-11-9-7-2/h17,19,49H,6-16,18,20-48H2,1-5H3/p+1/b19-17-. The number of ether oxygens (including phenoxy) is 2. The van der Waals surface area contributed by atoms with Gasteiger partial charge in [-0.1, -0.05) is 212 Å². The van der Waals surface area contributed by atoms with Crippen molar-refractivity contribution >= 4 is 13.8 Å². The Kier molecular flexibility index (Phi) is 43.3. The maximum atomic E-state index is 12.7. The van der Waals surface area contributed by atoms with Gasteiger partial charge < -0.3 is 18.9 Å². The van der Waals surface area contributed by atoms with Gasteiger partial charge in [-0.15, -0.1) is 0 Å². The zero-order valence-corrected chi connectivity index (χ0v) is 40.9. The van der Waals surface area contributed by atoms with E-state index in [1.807, 2.05) is 21.1 Å². The molecule has 0 aliphatic carbocycles. The highest BCUT2D eigenvalue weighted by molar-refractivity contribution is 7.47. The van der Waals surface area contributed by atoms with Crippen LogP contribution in [-0.4, -0.2) is 75.6 Å². The van der Waals surface area contributed by atoms with Crippen molar-refractivity contribution < 1.29 is 37.3 Å². The van der Waals surface area contributed by atoms with Crippen molar-refractivity contribution in [1.29, 1.82) is 0 Å². The molecule has 352 valence electrons. The number of rotatable bonds is 48. The van der Waals surface area contributed by atoms with Gasteiger partial charge in [-0.3, -0.25) is 13.8 Å². The molecule has 8 nitrogen and oxygen atoms in total. The highest BCUT2D eigenvalue weighted by Crippen LogP contribution is 2.43. The maximum Gasteiger partial charge on any atom is 0.472 e. The fourth-order valence-electron chi connectivity index (χ4n) is 7.37. The molecule has 2 unspecified atom stereocenters. The summed E-state index contributed by atoms with van der Waals surface area (Å²) in [7, 11) is 1.68. The average molecular weight is 859 g/mol. The van der Waals surface area contributed by atoms with Gasteiger partial charge in [0.1, 0.15) is 19.3 Å².